The third kappa shape index (κ3) is 2.71. The average Bonchev–Trinajstić information content (AvgIpc) is 2.92. The number of alkyl halides is 1. The minimum atomic E-state index is -0.423. The molecule has 21 heavy (non-hydrogen) atoms. The Labute approximate surface area is 134 Å². The Morgan fingerprint density at radius 1 is 1.10 bits per heavy atom. The number of nitrogens with zero attached hydrogens (tertiary/aromatic N) is 3. The summed E-state index contributed by atoms with van der Waals surface area (Å²) in [6.45, 7) is 0. The van der Waals surface area contributed by atoms with Crippen molar-refractivity contribution >= 4 is 27.5 Å². The van der Waals surface area contributed by atoms with Gasteiger partial charge in [0.25, 0.3) is 0 Å². The quantitative estimate of drug-likeness (QED) is 0.633. The zero-order chi connectivity index (χ0) is 14.8. The fourth-order valence-corrected chi connectivity index (χ4v) is 2.62. The summed E-state index contributed by atoms with van der Waals surface area (Å²) in [5.41, 5.74) is 1.24. The Balaban J connectivity index is 2.22. The topological polar surface area (TPSA) is 30.7 Å². The van der Waals surface area contributed by atoms with E-state index in [-0.39, 0.29) is 0 Å². The van der Waals surface area contributed by atoms with Gasteiger partial charge in [0.05, 0.1) is 10.9 Å². The van der Waals surface area contributed by atoms with Gasteiger partial charge >= 0.3 is 0 Å². The SMILES string of the molecule is Fc1cc(Cl)ccc1-c1nnc(CBr)n1-c1ccccc1. The molecular formula is C15H10BrClFN3. The number of benzene rings is 2. The Hall–Kier alpha value is -1.72. The molecule has 3 rings (SSSR count). The molecule has 0 aliphatic heterocycles. The highest BCUT2D eigenvalue weighted by molar-refractivity contribution is 9.08. The molecule has 0 fully saturated rings. The van der Waals surface area contributed by atoms with E-state index in [2.05, 4.69) is 26.1 Å². The molecule has 0 unspecified atom stereocenters. The van der Waals surface area contributed by atoms with Crippen molar-refractivity contribution in [1.29, 1.82) is 0 Å². The highest BCUT2D eigenvalue weighted by Crippen LogP contribution is 2.27. The van der Waals surface area contributed by atoms with Crippen LogP contribution < -0.4 is 0 Å². The fourth-order valence-electron chi connectivity index (χ4n) is 2.10. The Morgan fingerprint density at radius 3 is 2.52 bits per heavy atom. The lowest BCUT2D eigenvalue weighted by atomic mass is 10.2. The molecule has 1 heterocycles. The molecule has 0 N–H and O–H groups in total. The Bertz CT molecular complexity index is 774. The van der Waals surface area contributed by atoms with Crippen LogP contribution in [0.4, 0.5) is 4.39 Å². The second kappa shape index (κ2) is 5.95. The average molecular weight is 367 g/mol. The van der Waals surface area contributed by atoms with E-state index in [0.29, 0.717) is 27.6 Å². The van der Waals surface area contributed by atoms with Crippen molar-refractivity contribution in [2.45, 2.75) is 5.33 Å². The van der Waals surface area contributed by atoms with Crippen molar-refractivity contribution in [1.82, 2.24) is 14.8 Å². The van der Waals surface area contributed by atoms with Gasteiger partial charge < -0.3 is 0 Å². The van der Waals surface area contributed by atoms with Gasteiger partial charge in [0, 0.05) is 10.7 Å². The van der Waals surface area contributed by atoms with Crippen LogP contribution >= 0.6 is 27.5 Å². The van der Waals surface area contributed by atoms with Crippen molar-refractivity contribution in [2.75, 3.05) is 0 Å². The number of hydrogen-bond donors (Lipinski definition) is 0. The predicted molar refractivity (Wildman–Crippen MR) is 84.4 cm³/mol. The monoisotopic (exact) mass is 365 g/mol. The highest BCUT2D eigenvalue weighted by atomic mass is 79.9. The van der Waals surface area contributed by atoms with Crippen LogP contribution in [-0.2, 0) is 5.33 Å². The molecule has 0 amide bonds. The Morgan fingerprint density at radius 2 is 1.86 bits per heavy atom. The molecule has 2 aromatic carbocycles. The summed E-state index contributed by atoms with van der Waals surface area (Å²) in [5, 5.41) is 9.11. The van der Waals surface area contributed by atoms with Gasteiger partial charge in [-0.2, -0.15) is 0 Å². The van der Waals surface area contributed by atoms with E-state index in [1.54, 1.807) is 12.1 Å². The molecule has 0 saturated heterocycles. The molecule has 0 radical (unpaired) electrons. The summed E-state index contributed by atoms with van der Waals surface area (Å²) in [6, 6.07) is 14.1. The van der Waals surface area contributed by atoms with E-state index in [0.717, 1.165) is 5.69 Å². The first-order valence-electron chi connectivity index (χ1n) is 6.22. The summed E-state index contributed by atoms with van der Waals surface area (Å²) in [5.74, 6) is 0.726. The van der Waals surface area contributed by atoms with Gasteiger partial charge in [-0.25, -0.2) is 4.39 Å². The molecule has 0 saturated carbocycles. The van der Waals surface area contributed by atoms with Gasteiger partial charge in [-0.15, -0.1) is 10.2 Å². The summed E-state index contributed by atoms with van der Waals surface area (Å²) in [7, 11) is 0. The van der Waals surface area contributed by atoms with Crippen LogP contribution in [0.25, 0.3) is 17.1 Å². The zero-order valence-electron chi connectivity index (χ0n) is 10.8. The normalized spacial score (nSPS) is 10.8. The van der Waals surface area contributed by atoms with Crippen molar-refractivity contribution < 1.29 is 4.39 Å². The van der Waals surface area contributed by atoms with Crippen LogP contribution in [0.3, 0.4) is 0 Å². The second-order valence-corrected chi connectivity index (χ2v) is 5.37. The molecule has 0 bridgehead atoms. The molecular weight excluding hydrogens is 357 g/mol. The van der Waals surface area contributed by atoms with Crippen molar-refractivity contribution in [3.8, 4) is 17.1 Å². The lowest BCUT2D eigenvalue weighted by Crippen LogP contribution is -2.02. The van der Waals surface area contributed by atoms with Gasteiger partial charge in [-0.3, -0.25) is 4.57 Å². The predicted octanol–water partition coefficient (Wildman–Crippen LogP) is 4.62. The first-order chi connectivity index (χ1) is 10.2. The van der Waals surface area contributed by atoms with Gasteiger partial charge in [0.2, 0.25) is 0 Å². The number of halogens is 3. The maximum absolute atomic E-state index is 14.2. The molecule has 3 aromatic rings. The van der Waals surface area contributed by atoms with Crippen LogP contribution in [0.5, 0.6) is 0 Å². The molecule has 6 heteroatoms. The second-order valence-electron chi connectivity index (χ2n) is 4.37. The van der Waals surface area contributed by atoms with E-state index in [4.69, 9.17) is 11.6 Å². The number of hydrogen-bond acceptors (Lipinski definition) is 2. The van der Waals surface area contributed by atoms with Crippen LogP contribution in [0.2, 0.25) is 5.02 Å². The van der Waals surface area contributed by atoms with Gasteiger partial charge in [0.15, 0.2) is 5.82 Å². The lowest BCUT2D eigenvalue weighted by Gasteiger charge is -2.10. The first kappa shape index (κ1) is 14.2. The summed E-state index contributed by atoms with van der Waals surface area (Å²) >= 11 is 9.19. The molecule has 0 aliphatic rings. The first-order valence-corrected chi connectivity index (χ1v) is 7.71. The van der Waals surface area contributed by atoms with Crippen molar-refractivity contribution in [3.63, 3.8) is 0 Å². The number of aromatic nitrogens is 3. The smallest absolute Gasteiger partial charge is 0.171 e. The summed E-state index contributed by atoms with van der Waals surface area (Å²) in [4.78, 5) is 0. The highest BCUT2D eigenvalue weighted by Gasteiger charge is 2.17. The third-order valence-electron chi connectivity index (χ3n) is 3.04. The largest absolute Gasteiger partial charge is 0.278 e. The number of rotatable bonds is 3. The standard InChI is InChI=1S/C15H10BrClFN3/c16-9-14-19-20-15(12-7-6-10(17)8-13(12)18)21(14)11-4-2-1-3-5-11/h1-8H,9H2. The lowest BCUT2D eigenvalue weighted by molar-refractivity contribution is 0.629. The van der Waals surface area contributed by atoms with Crippen molar-refractivity contribution in [2.24, 2.45) is 0 Å². The van der Waals surface area contributed by atoms with E-state index >= 15 is 0 Å². The molecule has 1 aromatic heterocycles. The summed E-state index contributed by atoms with van der Waals surface area (Å²) < 4.78 is 16.0. The number of para-hydroxylation sites is 1. The molecule has 0 spiro atoms. The zero-order valence-corrected chi connectivity index (χ0v) is 13.1. The minimum absolute atomic E-state index is 0.350. The van der Waals surface area contributed by atoms with Crippen LogP contribution in [0, 0.1) is 5.82 Å². The molecule has 0 atom stereocenters. The van der Waals surface area contributed by atoms with E-state index in [9.17, 15) is 4.39 Å². The van der Waals surface area contributed by atoms with E-state index < -0.39 is 5.82 Å². The van der Waals surface area contributed by atoms with E-state index in [1.165, 1.54) is 6.07 Å². The molecule has 106 valence electrons. The molecule has 0 aliphatic carbocycles. The fraction of sp³-hybridized carbons (Fsp3) is 0.0667. The van der Waals surface area contributed by atoms with Gasteiger partial charge in [-0.05, 0) is 30.3 Å². The third-order valence-corrected chi connectivity index (χ3v) is 3.77. The van der Waals surface area contributed by atoms with Crippen LogP contribution in [-0.4, -0.2) is 14.8 Å². The maximum Gasteiger partial charge on any atom is 0.171 e. The van der Waals surface area contributed by atoms with Gasteiger partial charge in [0.1, 0.15) is 11.6 Å². The van der Waals surface area contributed by atoms with E-state index in [1.807, 2.05) is 34.9 Å². The van der Waals surface area contributed by atoms with Crippen LogP contribution in [0.15, 0.2) is 48.5 Å². The van der Waals surface area contributed by atoms with Crippen LogP contribution in [0.1, 0.15) is 5.82 Å². The summed E-state index contributed by atoms with van der Waals surface area (Å²) in [6.07, 6.45) is 0. The molecule has 3 nitrogen and oxygen atoms in total. The maximum atomic E-state index is 14.2. The Kier molecular flexibility index (Phi) is 4.03. The van der Waals surface area contributed by atoms with Crippen molar-refractivity contribution in [3.05, 3.63) is 65.2 Å². The minimum Gasteiger partial charge on any atom is -0.278 e. The van der Waals surface area contributed by atoms with Gasteiger partial charge in [-0.1, -0.05) is 45.7 Å².